The van der Waals surface area contributed by atoms with E-state index in [9.17, 15) is 14.4 Å². The average molecular weight is 597 g/mol. The van der Waals surface area contributed by atoms with E-state index in [1.54, 1.807) is 6.07 Å². The van der Waals surface area contributed by atoms with Gasteiger partial charge in [-0.3, -0.25) is 19.3 Å². The number of benzene rings is 2. The molecule has 0 atom stereocenters. The van der Waals surface area contributed by atoms with E-state index >= 15 is 0 Å². The molecule has 9 heteroatoms. The molecule has 0 N–H and O–H groups in total. The molecule has 4 rings (SSSR count). The second kappa shape index (κ2) is 14.9. The van der Waals surface area contributed by atoms with Crippen LogP contribution in [0.25, 0.3) is 0 Å². The van der Waals surface area contributed by atoms with Crippen molar-refractivity contribution >= 4 is 35.0 Å². The zero-order valence-electron chi connectivity index (χ0n) is 25.5. The van der Waals surface area contributed by atoms with Crippen LogP contribution in [-0.2, 0) is 16.1 Å². The molecule has 0 radical (unpaired) electrons. The Morgan fingerprint density at radius 1 is 0.952 bits per heavy atom. The van der Waals surface area contributed by atoms with Gasteiger partial charge in [-0.1, -0.05) is 43.6 Å². The Bertz CT molecular complexity index is 1250. The predicted octanol–water partition coefficient (Wildman–Crippen LogP) is 5.48. The zero-order valence-corrected chi connectivity index (χ0v) is 26.2. The molecule has 2 aliphatic heterocycles. The molecule has 2 aliphatic rings. The molecule has 42 heavy (non-hydrogen) atoms. The largest absolute Gasteiger partial charge is 0.491 e. The van der Waals surface area contributed by atoms with Gasteiger partial charge >= 0.3 is 0 Å². The van der Waals surface area contributed by atoms with Gasteiger partial charge in [-0.05, 0) is 62.4 Å². The summed E-state index contributed by atoms with van der Waals surface area (Å²) in [5.41, 5.74) is 2.14. The molecule has 0 bridgehead atoms. The number of amides is 3. The van der Waals surface area contributed by atoms with Crippen LogP contribution >= 0.6 is 11.6 Å². The van der Waals surface area contributed by atoms with E-state index in [2.05, 4.69) is 18.7 Å². The van der Waals surface area contributed by atoms with Crippen LogP contribution in [-0.4, -0.2) is 84.3 Å². The van der Waals surface area contributed by atoms with Crippen molar-refractivity contribution in [1.82, 2.24) is 14.7 Å². The van der Waals surface area contributed by atoms with Gasteiger partial charge < -0.3 is 19.4 Å². The smallest absolute Gasteiger partial charge is 0.257 e. The van der Waals surface area contributed by atoms with Crippen LogP contribution in [0.1, 0.15) is 69.3 Å². The summed E-state index contributed by atoms with van der Waals surface area (Å²) in [6.45, 7) is 13.0. The lowest BCUT2D eigenvalue weighted by Gasteiger charge is -2.30. The number of halogens is 1. The summed E-state index contributed by atoms with van der Waals surface area (Å²) in [6.07, 6.45) is 2.72. The number of carbonyl (C=O) groups excluding carboxylic acids is 3. The lowest BCUT2D eigenvalue weighted by atomic mass is 10.1. The van der Waals surface area contributed by atoms with Crippen molar-refractivity contribution in [2.24, 2.45) is 5.92 Å². The number of ether oxygens (including phenoxy) is 1. The second-order valence-corrected chi connectivity index (χ2v) is 12.4. The summed E-state index contributed by atoms with van der Waals surface area (Å²) in [6, 6.07) is 13.2. The van der Waals surface area contributed by atoms with Crippen molar-refractivity contribution in [3.05, 3.63) is 58.6 Å². The highest BCUT2D eigenvalue weighted by Crippen LogP contribution is 2.30. The minimum absolute atomic E-state index is 0.0666. The van der Waals surface area contributed by atoms with Gasteiger partial charge in [0.25, 0.3) is 5.91 Å². The maximum atomic E-state index is 14.2. The van der Waals surface area contributed by atoms with Crippen molar-refractivity contribution in [2.45, 2.75) is 66.0 Å². The molecule has 228 valence electrons. The van der Waals surface area contributed by atoms with Crippen molar-refractivity contribution in [3.63, 3.8) is 0 Å². The van der Waals surface area contributed by atoms with Crippen LogP contribution in [0.4, 0.5) is 5.69 Å². The van der Waals surface area contributed by atoms with Crippen LogP contribution < -0.4 is 9.64 Å². The van der Waals surface area contributed by atoms with E-state index in [1.165, 1.54) is 0 Å². The molecule has 3 amide bonds. The fourth-order valence-electron chi connectivity index (χ4n) is 5.67. The van der Waals surface area contributed by atoms with E-state index < -0.39 is 0 Å². The first-order chi connectivity index (χ1) is 20.1. The molecule has 2 heterocycles. The van der Waals surface area contributed by atoms with Crippen molar-refractivity contribution < 1.29 is 19.1 Å². The number of anilines is 1. The molecular formula is C33H45ClN4O4. The number of rotatable bonds is 8. The number of hydrogen-bond acceptors (Lipinski definition) is 5. The molecule has 0 aliphatic carbocycles. The molecular weight excluding hydrogens is 552 g/mol. The monoisotopic (exact) mass is 596 g/mol. The third-order valence-corrected chi connectivity index (χ3v) is 8.23. The molecule has 0 aromatic heterocycles. The maximum Gasteiger partial charge on any atom is 0.257 e. The van der Waals surface area contributed by atoms with E-state index in [0.29, 0.717) is 74.5 Å². The average Bonchev–Trinajstić information content (AvgIpc) is 3.34. The van der Waals surface area contributed by atoms with Crippen LogP contribution in [0, 0.1) is 5.92 Å². The summed E-state index contributed by atoms with van der Waals surface area (Å²) >= 11 is 6.47. The van der Waals surface area contributed by atoms with E-state index in [-0.39, 0.29) is 23.6 Å². The van der Waals surface area contributed by atoms with Gasteiger partial charge in [-0.15, -0.1) is 0 Å². The second-order valence-electron chi connectivity index (χ2n) is 12.0. The number of fused-ring (bicyclic) bond motifs is 1. The lowest BCUT2D eigenvalue weighted by molar-refractivity contribution is -0.128. The first kappa shape index (κ1) is 31.8. The zero-order chi connectivity index (χ0) is 30.2. The highest BCUT2D eigenvalue weighted by Gasteiger charge is 2.27. The van der Waals surface area contributed by atoms with Crippen molar-refractivity contribution in [3.8, 4) is 5.75 Å². The number of nitrogens with zero attached hydrogens (tertiary/aromatic N) is 4. The Labute approximate surface area is 255 Å². The molecule has 1 fully saturated rings. The summed E-state index contributed by atoms with van der Waals surface area (Å²) < 4.78 is 6.09. The van der Waals surface area contributed by atoms with Crippen LogP contribution in [0.3, 0.4) is 0 Å². The molecule has 2 aromatic rings. The summed E-state index contributed by atoms with van der Waals surface area (Å²) in [4.78, 5) is 47.6. The fraction of sp³-hybridized carbons (Fsp3) is 0.545. The third kappa shape index (κ3) is 8.26. The van der Waals surface area contributed by atoms with Gasteiger partial charge in [0.2, 0.25) is 11.8 Å². The molecule has 0 unspecified atom stereocenters. The number of carbonyl (C=O) groups is 3. The third-order valence-electron chi connectivity index (χ3n) is 7.99. The van der Waals surface area contributed by atoms with Gasteiger partial charge in [0.15, 0.2) is 0 Å². The number of hydrogen-bond donors (Lipinski definition) is 0. The predicted molar refractivity (Wildman–Crippen MR) is 167 cm³/mol. The summed E-state index contributed by atoms with van der Waals surface area (Å²) in [5.74, 6) is 0.822. The minimum atomic E-state index is -0.133. The number of likely N-dealkylation sites (tertiary alicyclic amines) is 1. The Morgan fingerprint density at radius 3 is 2.45 bits per heavy atom. The maximum absolute atomic E-state index is 14.2. The lowest BCUT2D eigenvalue weighted by Crippen LogP contribution is -2.41. The van der Waals surface area contributed by atoms with Gasteiger partial charge in [0.05, 0.1) is 17.8 Å². The topological polar surface area (TPSA) is 73.4 Å². The van der Waals surface area contributed by atoms with Crippen molar-refractivity contribution in [2.75, 3.05) is 50.8 Å². The quantitative estimate of drug-likeness (QED) is 0.404. The van der Waals surface area contributed by atoms with Gasteiger partial charge in [-0.25, -0.2) is 0 Å². The Balaban J connectivity index is 1.64. The Morgan fingerprint density at radius 2 is 1.74 bits per heavy atom. The molecule has 1 saturated heterocycles. The van der Waals surface area contributed by atoms with E-state index in [4.69, 9.17) is 16.3 Å². The summed E-state index contributed by atoms with van der Waals surface area (Å²) in [5, 5.41) is 0.558. The Hall–Kier alpha value is -3.10. The van der Waals surface area contributed by atoms with Crippen molar-refractivity contribution in [1.29, 1.82) is 0 Å². The molecule has 8 nitrogen and oxygen atoms in total. The van der Waals surface area contributed by atoms with Crippen LogP contribution in [0.5, 0.6) is 5.75 Å². The highest BCUT2D eigenvalue weighted by molar-refractivity contribution is 6.31. The first-order valence-electron chi connectivity index (χ1n) is 15.3. The molecule has 0 spiro atoms. The molecule has 2 aromatic carbocycles. The van der Waals surface area contributed by atoms with Gasteiger partial charge in [-0.2, -0.15) is 0 Å². The van der Waals surface area contributed by atoms with E-state index in [0.717, 1.165) is 37.2 Å². The Kier molecular flexibility index (Phi) is 11.3. The normalized spacial score (nSPS) is 17.0. The minimum Gasteiger partial charge on any atom is -0.491 e. The van der Waals surface area contributed by atoms with E-state index in [1.807, 2.05) is 64.9 Å². The van der Waals surface area contributed by atoms with Crippen LogP contribution in [0.15, 0.2) is 42.5 Å². The molecule has 0 saturated carbocycles. The SMILES string of the molecule is CC(C)CC(=O)N1CCCN(C(C)C)CCN(C(=O)c2ccccc2OCCN2CCCC2=O)Cc2ccc(Cl)cc21. The standard InChI is InChI=1S/C33H45ClN4O4/c1-24(2)21-32(40)38-16-8-15-35(25(3)4)17-18-37(23-26-12-13-27(34)22-29(26)38)33(41)28-9-5-6-10-30(28)42-20-19-36-14-7-11-31(36)39/h5-6,9-10,12-13,22,24-25H,7-8,11,14-21,23H2,1-4H3. The summed E-state index contributed by atoms with van der Waals surface area (Å²) in [7, 11) is 0. The highest BCUT2D eigenvalue weighted by atomic mass is 35.5. The van der Waals surface area contributed by atoms with Gasteiger partial charge in [0.1, 0.15) is 12.4 Å². The fourth-order valence-corrected chi connectivity index (χ4v) is 5.84. The number of para-hydroxylation sites is 1. The van der Waals surface area contributed by atoms with Crippen LogP contribution in [0.2, 0.25) is 5.02 Å². The first-order valence-corrected chi connectivity index (χ1v) is 15.6. The van der Waals surface area contributed by atoms with Gasteiger partial charge in [0, 0.05) is 63.2 Å².